The Morgan fingerprint density at radius 3 is 2.92 bits per heavy atom. The van der Waals surface area contributed by atoms with E-state index >= 15 is 0 Å². The second-order valence-corrected chi connectivity index (χ2v) is 6.82. The minimum absolute atomic E-state index is 0.0750. The van der Waals surface area contributed by atoms with E-state index in [0.717, 1.165) is 36.5 Å². The lowest BCUT2D eigenvalue weighted by Crippen LogP contribution is -2.41. The second-order valence-electron chi connectivity index (χ2n) is 6.82. The fourth-order valence-corrected chi connectivity index (χ4v) is 3.63. The number of benzene rings is 1. The molecule has 0 saturated heterocycles. The quantitative estimate of drug-likeness (QED) is 0.905. The van der Waals surface area contributed by atoms with Crippen molar-refractivity contribution in [1.29, 1.82) is 0 Å². The van der Waals surface area contributed by atoms with Gasteiger partial charge in [0.1, 0.15) is 5.75 Å². The minimum atomic E-state index is -0.422. The van der Waals surface area contributed by atoms with Gasteiger partial charge < -0.3 is 14.6 Å². The summed E-state index contributed by atoms with van der Waals surface area (Å²) in [7, 11) is 0. The van der Waals surface area contributed by atoms with Crippen LogP contribution in [0.4, 0.5) is 0 Å². The average molecular weight is 341 g/mol. The molecule has 1 aliphatic carbocycles. The van der Waals surface area contributed by atoms with E-state index in [1.807, 2.05) is 24.3 Å². The van der Waals surface area contributed by atoms with Crippen LogP contribution in [0.2, 0.25) is 0 Å². The molecule has 1 saturated carbocycles. The number of hydrogen-bond donors (Lipinski definition) is 1. The topological polar surface area (TPSA) is 77.3 Å². The number of carbonyl (C=O) groups excluding carboxylic acids is 1. The van der Waals surface area contributed by atoms with E-state index in [1.54, 1.807) is 0 Å². The van der Waals surface area contributed by atoms with Crippen LogP contribution in [0, 0.1) is 0 Å². The summed E-state index contributed by atoms with van der Waals surface area (Å²) in [6.07, 6.45) is 6.48. The summed E-state index contributed by atoms with van der Waals surface area (Å²) in [5, 5.41) is 6.96. The second kappa shape index (κ2) is 7.25. The monoisotopic (exact) mass is 341 g/mol. The average Bonchev–Trinajstić information content (AvgIpc) is 3.32. The van der Waals surface area contributed by atoms with Crippen molar-refractivity contribution in [2.45, 2.75) is 57.0 Å². The van der Waals surface area contributed by atoms with Gasteiger partial charge >= 0.3 is 0 Å². The van der Waals surface area contributed by atoms with Gasteiger partial charge in [0.25, 0.3) is 5.91 Å². The summed E-state index contributed by atoms with van der Waals surface area (Å²) in [4.78, 5) is 16.8. The molecule has 1 N–H and O–H groups in total. The largest absolute Gasteiger partial charge is 0.480 e. The summed E-state index contributed by atoms with van der Waals surface area (Å²) >= 11 is 0. The van der Waals surface area contributed by atoms with Crippen LogP contribution in [0.3, 0.4) is 0 Å². The fourth-order valence-electron chi connectivity index (χ4n) is 3.63. The van der Waals surface area contributed by atoms with Crippen LogP contribution in [0.25, 0.3) is 0 Å². The highest BCUT2D eigenvalue weighted by Crippen LogP contribution is 2.32. The zero-order valence-corrected chi connectivity index (χ0v) is 14.2. The van der Waals surface area contributed by atoms with E-state index < -0.39 is 6.10 Å². The molecule has 1 amide bonds. The minimum Gasteiger partial charge on any atom is -0.480 e. The SMILES string of the molecule is O=C(NCCc1noc(C2CCCC2)n1)[C@@H]1CCc2ccccc2O1. The molecule has 1 aliphatic heterocycles. The molecule has 2 heterocycles. The first-order valence-corrected chi connectivity index (χ1v) is 9.14. The van der Waals surface area contributed by atoms with Crippen molar-refractivity contribution < 1.29 is 14.1 Å². The molecule has 132 valence electrons. The molecule has 2 aromatic rings. The van der Waals surface area contributed by atoms with Gasteiger partial charge in [-0.15, -0.1) is 0 Å². The van der Waals surface area contributed by atoms with E-state index in [2.05, 4.69) is 15.5 Å². The first-order valence-electron chi connectivity index (χ1n) is 9.14. The van der Waals surface area contributed by atoms with Crippen LogP contribution < -0.4 is 10.1 Å². The lowest BCUT2D eigenvalue weighted by atomic mass is 10.0. The number of hydrogen-bond acceptors (Lipinski definition) is 5. The number of rotatable bonds is 5. The van der Waals surface area contributed by atoms with Crippen molar-refractivity contribution in [3.05, 3.63) is 41.5 Å². The van der Waals surface area contributed by atoms with Gasteiger partial charge in [0.05, 0.1) is 0 Å². The zero-order chi connectivity index (χ0) is 17.1. The molecule has 2 aliphatic rings. The van der Waals surface area contributed by atoms with Gasteiger partial charge in [0.2, 0.25) is 5.89 Å². The van der Waals surface area contributed by atoms with Crippen LogP contribution in [0.5, 0.6) is 5.75 Å². The number of aromatic nitrogens is 2. The molecular weight excluding hydrogens is 318 g/mol. The van der Waals surface area contributed by atoms with Crippen LogP contribution in [-0.2, 0) is 17.6 Å². The lowest BCUT2D eigenvalue weighted by Gasteiger charge is -2.25. The molecule has 6 heteroatoms. The fraction of sp³-hybridized carbons (Fsp3) is 0.526. The Morgan fingerprint density at radius 2 is 2.04 bits per heavy atom. The van der Waals surface area contributed by atoms with Gasteiger partial charge in [-0.3, -0.25) is 4.79 Å². The van der Waals surface area contributed by atoms with Crippen LogP contribution >= 0.6 is 0 Å². The standard InChI is InChI=1S/C19H23N3O3/c23-18(16-10-9-13-5-3-4-8-15(13)24-16)20-12-11-17-21-19(25-22-17)14-6-1-2-7-14/h3-5,8,14,16H,1-2,6-7,9-12H2,(H,20,23)/t16-/m0/s1. The van der Waals surface area contributed by atoms with Crippen molar-refractivity contribution in [3.8, 4) is 5.75 Å². The first kappa shape index (κ1) is 16.1. The molecule has 0 radical (unpaired) electrons. The maximum Gasteiger partial charge on any atom is 0.261 e. The molecule has 1 atom stereocenters. The van der Waals surface area contributed by atoms with Crippen LogP contribution in [0.15, 0.2) is 28.8 Å². The number of carbonyl (C=O) groups is 1. The number of fused-ring (bicyclic) bond motifs is 1. The molecule has 0 bridgehead atoms. The van der Waals surface area contributed by atoms with Gasteiger partial charge in [-0.25, -0.2) is 0 Å². The van der Waals surface area contributed by atoms with E-state index in [9.17, 15) is 4.79 Å². The lowest BCUT2D eigenvalue weighted by molar-refractivity contribution is -0.128. The molecule has 0 unspecified atom stereocenters. The number of aryl methyl sites for hydroxylation is 1. The molecule has 0 spiro atoms. The maximum absolute atomic E-state index is 12.3. The van der Waals surface area contributed by atoms with Gasteiger partial charge in [0, 0.05) is 18.9 Å². The highest BCUT2D eigenvalue weighted by molar-refractivity contribution is 5.81. The van der Waals surface area contributed by atoms with Gasteiger partial charge in [-0.05, 0) is 37.3 Å². The molecule has 1 aromatic carbocycles. The summed E-state index contributed by atoms with van der Waals surface area (Å²) in [5.41, 5.74) is 1.16. The molecule has 1 fully saturated rings. The highest BCUT2D eigenvalue weighted by Gasteiger charge is 2.26. The number of para-hydroxylation sites is 1. The molecule has 1 aromatic heterocycles. The van der Waals surface area contributed by atoms with Crippen molar-refractivity contribution in [2.24, 2.45) is 0 Å². The number of amides is 1. The van der Waals surface area contributed by atoms with E-state index in [-0.39, 0.29) is 5.91 Å². The Kier molecular flexibility index (Phi) is 4.68. The van der Waals surface area contributed by atoms with Crippen LogP contribution in [0.1, 0.15) is 55.3 Å². The molecule has 25 heavy (non-hydrogen) atoms. The van der Waals surface area contributed by atoms with E-state index in [0.29, 0.717) is 31.1 Å². The molecular formula is C19H23N3O3. The van der Waals surface area contributed by atoms with Crippen molar-refractivity contribution in [1.82, 2.24) is 15.5 Å². The smallest absolute Gasteiger partial charge is 0.261 e. The van der Waals surface area contributed by atoms with E-state index in [1.165, 1.54) is 12.8 Å². The third-order valence-corrected chi connectivity index (χ3v) is 5.05. The normalized spacial score (nSPS) is 20.1. The first-order chi connectivity index (χ1) is 12.3. The Labute approximate surface area is 147 Å². The maximum atomic E-state index is 12.3. The zero-order valence-electron chi connectivity index (χ0n) is 14.2. The van der Waals surface area contributed by atoms with Gasteiger partial charge in [-0.2, -0.15) is 4.98 Å². The predicted molar refractivity (Wildman–Crippen MR) is 91.4 cm³/mol. The Bertz CT molecular complexity index is 737. The predicted octanol–water partition coefficient (Wildman–Crippen LogP) is 2.78. The summed E-state index contributed by atoms with van der Waals surface area (Å²) < 4.78 is 11.2. The Morgan fingerprint density at radius 1 is 1.20 bits per heavy atom. The highest BCUT2D eigenvalue weighted by atomic mass is 16.5. The third-order valence-electron chi connectivity index (χ3n) is 5.05. The van der Waals surface area contributed by atoms with Crippen molar-refractivity contribution in [3.63, 3.8) is 0 Å². The van der Waals surface area contributed by atoms with E-state index in [4.69, 9.17) is 9.26 Å². The third kappa shape index (κ3) is 3.67. The number of nitrogens with one attached hydrogen (secondary N) is 1. The summed E-state index contributed by atoms with van der Waals surface area (Å²) in [5.74, 6) is 2.58. The molecule has 6 nitrogen and oxygen atoms in total. The number of ether oxygens (including phenoxy) is 1. The molecule has 4 rings (SSSR count). The summed E-state index contributed by atoms with van der Waals surface area (Å²) in [6.45, 7) is 0.490. The number of nitrogens with zero attached hydrogens (tertiary/aromatic N) is 2. The van der Waals surface area contributed by atoms with Crippen LogP contribution in [-0.4, -0.2) is 28.7 Å². The van der Waals surface area contributed by atoms with Gasteiger partial charge in [-0.1, -0.05) is 36.2 Å². The van der Waals surface area contributed by atoms with Crippen molar-refractivity contribution in [2.75, 3.05) is 6.54 Å². The van der Waals surface area contributed by atoms with Crippen molar-refractivity contribution >= 4 is 5.91 Å². The Balaban J connectivity index is 1.25. The van der Waals surface area contributed by atoms with Gasteiger partial charge in [0.15, 0.2) is 11.9 Å². The summed E-state index contributed by atoms with van der Waals surface area (Å²) in [6, 6.07) is 7.88. The Hall–Kier alpha value is -2.37.